The van der Waals surface area contributed by atoms with E-state index >= 15 is 0 Å². The summed E-state index contributed by atoms with van der Waals surface area (Å²) in [7, 11) is 3.33. The zero-order valence-electron chi connectivity index (χ0n) is 9.33. The van der Waals surface area contributed by atoms with Crippen molar-refractivity contribution in [2.24, 2.45) is 0 Å². The molecule has 0 aromatic carbocycles. The highest BCUT2D eigenvalue weighted by Gasteiger charge is 2.12. The lowest BCUT2D eigenvalue weighted by Crippen LogP contribution is -2.22. The summed E-state index contributed by atoms with van der Waals surface area (Å²) in [5.74, 6) is 0.300. The molecule has 0 aliphatic rings. The van der Waals surface area contributed by atoms with Crippen molar-refractivity contribution in [3.63, 3.8) is 0 Å². The van der Waals surface area contributed by atoms with E-state index < -0.39 is 0 Å². The summed E-state index contributed by atoms with van der Waals surface area (Å²) in [6.45, 7) is 0. The lowest BCUT2D eigenvalue weighted by molar-refractivity contribution is 0.0821. The average Bonchev–Trinajstić information content (AvgIpc) is 2.77. The molecule has 0 saturated heterocycles. The number of nitrogens with zero attached hydrogens (tertiary/aromatic N) is 5. The predicted octanol–water partition coefficient (Wildman–Crippen LogP) is 1.02. The van der Waals surface area contributed by atoms with E-state index in [1.807, 2.05) is 0 Å². The molecule has 0 fully saturated rings. The standard InChI is InChI=1S/C10H10ClN5O/c1-15(2)10(17)7-3-4-16(14-7)9-6-12-5-8(11)13-9/h3-6H,1-2H3. The summed E-state index contributed by atoms with van der Waals surface area (Å²) in [5, 5.41) is 4.38. The quantitative estimate of drug-likeness (QED) is 0.799. The van der Waals surface area contributed by atoms with E-state index in [0.717, 1.165) is 0 Å². The summed E-state index contributed by atoms with van der Waals surface area (Å²) in [6.07, 6.45) is 4.58. The molecule has 17 heavy (non-hydrogen) atoms. The normalized spacial score (nSPS) is 10.3. The van der Waals surface area contributed by atoms with Gasteiger partial charge in [-0.3, -0.25) is 9.78 Å². The number of hydrogen-bond acceptors (Lipinski definition) is 4. The molecule has 2 rings (SSSR count). The second-order valence-electron chi connectivity index (χ2n) is 3.55. The molecule has 1 amide bonds. The van der Waals surface area contributed by atoms with Gasteiger partial charge < -0.3 is 4.90 Å². The van der Waals surface area contributed by atoms with Crippen LogP contribution in [0.25, 0.3) is 5.82 Å². The number of halogens is 1. The first-order valence-corrected chi connectivity index (χ1v) is 5.21. The molecule has 0 N–H and O–H groups in total. The molecule has 0 unspecified atom stereocenters. The Morgan fingerprint density at radius 3 is 2.82 bits per heavy atom. The Morgan fingerprint density at radius 1 is 1.41 bits per heavy atom. The van der Waals surface area contributed by atoms with Crippen molar-refractivity contribution in [3.05, 3.63) is 35.5 Å². The Morgan fingerprint density at radius 2 is 2.18 bits per heavy atom. The minimum absolute atomic E-state index is 0.168. The number of aromatic nitrogens is 4. The zero-order valence-corrected chi connectivity index (χ0v) is 10.1. The summed E-state index contributed by atoms with van der Waals surface area (Å²) in [5.41, 5.74) is 0.344. The summed E-state index contributed by atoms with van der Waals surface area (Å²) < 4.78 is 1.45. The molecule has 2 heterocycles. The van der Waals surface area contributed by atoms with Crippen LogP contribution in [0.15, 0.2) is 24.7 Å². The van der Waals surface area contributed by atoms with Gasteiger partial charge in [-0.2, -0.15) is 5.10 Å². The largest absolute Gasteiger partial charge is 0.343 e. The average molecular weight is 252 g/mol. The minimum Gasteiger partial charge on any atom is -0.343 e. The third-order valence-corrected chi connectivity index (χ3v) is 2.22. The van der Waals surface area contributed by atoms with Gasteiger partial charge in [0.1, 0.15) is 5.15 Å². The molecule has 0 aliphatic heterocycles. The van der Waals surface area contributed by atoms with E-state index in [1.165, 1.54) is 22.0 Å². The van der Waals surface area contributed by atoms with Crippen LogP contribution in [-0.4, -0.2) is 44.7 Å². The van der Waals surface area contributed by atoms with E-state index in [1.54, 1.807) is 26.4 Å². The molecule has 0 spiro atoms. The summed E-state index contributed by atoms with van der Waals surface area (Å²) in [4.78, 5) is 21.0. The van der Waals surface area contributed by atoms with Gasteiger partial charge in [0, 0.05) is 20.3 Å². The fraction of sp³-hybridized carbons (Fsp3) is 0.200. The van der Waals surface area contributed by atoms with Gasteiger partial charge in [0.25, 0.3) is 5.91 Å². The number of rotatable bonds is 2. The van der Waals surface area contributed by atoms with Crippen LogP contribution in [0.1, 0.15) is 10.5 Å². The van der Waals surface area contributed by atoms with E-state index in [4.69, 9.17) is 11.6 Å². The first-order valence-electron chi connectivity index (χ1n) is 4.83. The van der Waals surface area contributed by atoms with Crippen LogP contribution in [0.3, 0.4) is 0 Å². The number of carbonyl (C=O) groups is 1. The Balaban J connectivity index is 2.33. The van der Waals surface area contributed by atoms with Crippen LogP contribution in [0.5, 0.6) is 0 Å². The number of amides is 1. The minimum atomic E-state index is -0.168. The Labute approximate surface area is 103 Å². The van der Waals surface area contributed by atoms with Gasteiger partial charge in [0.15, 0.2) is 11.5 Å². The fourth-order valence-electron chi connectivity index (χ4n) is 1.24. The van der Waals surface area contributed by atoms with Crippen LogP contribution in [-0.2, 0) is 0 Å². The maximum atomic E-state index is 11.6. The van der Waals surface area contributed by atoms with Crippen LogP contribution < -0.4 is 0 Å². The molecular formula is C10H10ClN5O. The lowest BCUT2D eigenvalue weighted by Gasteiger charge is -2.06. The lowest BCUT2D eigenvalue weighted by atomic mass is 10.4. The fourth-order valence-corrected chi connectivity index (χ4v) is 1.38. The highest BCUT2D eigenvalue weighted by molar-refractivity contribution is 6.29. The van der Waals surface area contributed by atoms with Crippen molar-refractivity contribution in [3.8, 4) is 5.82 Å². The van der Waals surface area contributed by atoms with Crippen LogP contribution >= 0.6 is 11.6 Å². The van der Waals surface area contributed by atoms with Gasteiger partial charge >= 0.3 is 0 Å². The number of carbonyl (C=O) groups excluding carboxylic acids is 1. The molecule has 0 radical (unpaired) electrons. The highest BCUT2D eigenvalue weighted by Crippen LogP contribution is 2.08. The van der Waals surface area contributed by atoms with Crippen molar-refractivity contribution in [1.29, 1.82) is 0 Å². The van der Waals surface area contributed by atoms with Crippen LogP contribution in [0, 0.1) is 0 Å². The first-order chi connectivity index (χ1) is 8.08. The second-order valence-corrected chi connectivity index (χ2v) is 3.93. The maximum Gasteiger partial charge on any atom is 0.273 e. The van der Waals surface area contributed by atoms with Crippen molar-refractivity contribution in [2.75, 3.05) is 14.1 Å². The Kier molecular flexibility index (Phi) is 3.06. The molecule has 0 bridgehead atoms. The van der Waals surface area contributed by atoms with E-state index in [-0.39, 0.29) is 11.1 Å². The second kappa shape index (κ2) is 4.50. The van der Waals surface area contributed by atoms with Gasteiger partial charge in [-0.15, -0.1) is 0 Å². The molecule has 0 saturated carbocycles. The van der Waals surface area contributed by atoms with Gasteiger partial charge in [-0.1, -0.05) is 11.6 Å². The Bertz CT molecular complexity index is 551. The summed E-state index contributed by atoms with van der Waals surface area (Å²) >= 11 is 5.72. The van der Waals surface area contributed by atoms with Crippen molar-refractivity contribution >= 4 is 17.5 Å². The monoisotopic (exact) mass is 251 g/mol. The molecule has 88 valence electrons. The van der Waals surface area contributed by atoms with Crippen molar-refractivity contribution in [1.82, 2.24) is 24.6 Å². The topological polar surface area (TPSA) is 63.9 Å². The van der Waals surface area contributed by atoms with Crippen LogP contribution in [0.2, 0.25) is 5.15 Å². The summed E-state index contributed by atoms with van der Waals surface area (Å²) in [6, 6.07) is 1.62. The molecule has 2 aromatic heterocycles. The van der Waals surface area contributed by atoms with Crippen molar-refractivity contribution in [2.45, 2.75) is 0 Å². The smallest absolute Gasteiger partial charge is 0.273 e. The van der Waals surface area contributed by atoms with Crippen molar-refractivity contribution < 1.29 is 4.79 Å². The van der Waals surface area contributed by atoms with Gasteiger partial charge in [0.05, 0.1) is 12.4 Å². The molecular weight excluding hydrogens is 242 g/mol. The van der Waals surface area contributed by atoms with Crippen LogP contribution in [0.4, 0.5) is 0 Å². The predicted molar refractivity (Wildman–Crippen MR) is 62.2 cm³/mol. The van der Waals surface area contributed by atoms with Gasteiger partial charge in [-0.25, -0.2) is 9.67 Å². The third kappa shape index (κ3) is 2.42. The van der Waals surface area contributed by atoms with Gasteiger partial charge in [0.2, 0.25) is 0 Å². The van der Waals surface area contributed by atoms with E-state index in [2.05, 4.69) is 15.1 Å². The molecule has 0 aliphatic carbocycles. The third-order valence-electron chi connectivity index (χ3n) is 2.04. The van der Waals surface area contributed by atoms with Gasteiger partial charge in [-0.05, 0) is 6.07 Å². The highest BCUT2D eigenvalue weighted by atomic mass is 35.5. The zero-order chi connectivity index (χ0) is 12.4. The Hall–Kier alpha value is -1.95. The molecule has 0 atom stereocenters. The SMILES string of the molecule is CN(C)C(=O)c1ccn(-c2cncc(Cl)n2)n1. The van der Waals surface area contributed by atoms with E-state index in [9.17, 15) is 4.79 Å². The molecule has 7 heteroatoms. The maximum absolute atomic E-state index is 11.6. The number of hydrogen-bond donors (Lipinski definition) is 0. The van der Waals surface area contributed by atoms with E-state index in [0.29, 0.717) is 11.5 Å². The molecule has 6 nitrogen and oxygen atoms in total. The first kappa shape index (κ1) is 11.5. The molecule has 2 aromatic rings.